The van der Waals surface area contributed by atoms with E-state index in [0.717, 1.165) is 23.3 Å². The van der Waals surface area contributed by atoms with Crippen molar-refractivity contribution in [3.8, 4) is 5.75 Å². The van der Waals surface area contributed by atoms with Crippen LogP contribution in [0, 0.1) is 6.92 Å². The van der Waals surface area contributed by atoms with Gasteiger partial charge in [-0.2, -0.15) is 0 Å². The fourth-order valence-corrected chi connectivity index (χ4v) is 4.05. The van der Waals surface area contributed by atoms with Crippen LogP contribution in [0.5, 0.6) is 5.75 Å². The zero-order valence-corrected chi connectivity index (χ0v) is 19.0. The lowest BCUT2D eigenvalue weighted by Crippen LogP contribution is -2.37. The molecule has 2 aromatic rings. The van der Waals surface area contributed by atoms with Crippen molar-refractivity contribution in [1.29, 1.82) is 0 Å². The van der Waals surface area contributed by atoms with Gasteiger partial charge in [-0.3, -0.25) is 9.10 Å². The predicted molar refractivity (Wildman–Crippen MR) is 122 cm³/mol. The van der Waals surface area contributed by atoms with E-state index in [0.29, 0.717) is 18.7 Å². The average molecular weight is 433 g/mol. The van der Waals surface area contributed by atoms with Crippen LogP contribution in [-0.4, -0.2) is 39.8 Å². The number of hydrogen-bond donors (Lipinski definition) is 1. The maximum absolute atomic E-state index is 12.2. The van der Waals surface area contributed by atoms with E-state index in [1.807, 2.05) is 62.4 Å². The van der Waals surface area contributed by atoms with Crippen LogP contribution in [0.2, 0.25) is 0 Å². The minimum Gasteiger partial charge on any atom is -0.491 e. The number of carbonyl (C=O) groups excluding carboxylic acids is 1. The molecule has 1 amide bonds. The molecule has 0 saturated carbocycles. The highest BCUT2D eigenvalue weighted by Crippen LogP contribution is 2.19. The summed E-state index contributed by atoms with van der Waals surface area (Å²) < 4.78 is 31.5. The van der Waals surface area contributed by atoms with E-state index in [4.69, 9.17) is 4.74 Å². The van der Waals surface area contributed by atoms with Gasteiger partial charge in [-0.15, -0.1) is 0 Å². The third-order valence-corrected chi connectivity index (χ3v) is 5.98. The van der Waals surface area contributed by atoms with Gasteiger partial charge in [0.05, 0.1) is 18.0 Å². The lowest BCUT2D eigenvalue weighted by atomic mass is 10.1. The number of anilines is 1. The minimum absolute atomic E-state index is 0.120. The van der Waals surface area contributed by atoms with Crippen molar-refractivity contribution < 1.29 is 17.9 Å². The van der Waals surface area contributed by atoms with Crippen LogP contribution >= 0.6 is 0 Å². The molecule has 0 aromatic heterocycles. The summed E-state index contributed by atoms with van der Waals surface area (Å²) in [6.45, 7) is 6.53. The maximum Gasteiger partial charge on any atom is 0.232 e. The van der Waals surface area contributed by atoms with E-state index in [9.17, 15) is 13.2 Å². The number of hydrogen-bond acceptors (Lipinski definition) is 4. The summed E-state index contributed by atoms with van der Waals surface area (Å²) in [5.74, 6) is 0.683. The molecule has 7 heteroatoms. The van der Waals surface area contributed by atoms with Gasteiger partial charge in [-0.1, -0.05) is 37.3 Å². The van der Waals surface area contributed by atoms with Gasteiger partial charge in [-0.05, 0) is 56.0 Å². The predicted octanol–water partition coefficient (Wildman–Crippen LogP) is 3.69. The highest BCUT2D eigenvalue weighted by molar-refractivity contribution is 7.92. The van der Waals surface area contributed by atoms with Gasteiger partial charge >= 0.3 is 0 Å². The molecule has 0 radical (unpaired) electrons. The van der Waals surface area contributed by atoms with Gasteiger partial charge in [0.2, 0.25) is 15.9 Å². The molecular formula is C23H32N2O4S. The van der Waals surface area contributed by atoms with Crippen molar-refractivity contribution in [2.24, 2.45) is 0 Å². The van der Waals surface area contributed by atoms with Crippen molar-refractivity contribution >= 4 is 21.6 Å². The molecule has 2 aromatic carbocycles. The monoisotopic (exact) mass is 432 g/mol. The average Bonchev–Trinajstić information content (AvgIpc) is 2.70. The van der Waals surface area contributed by atoms with Crippen LogP contribution in [0.1, 0.15) is 37.8 Å². The number of nitrogens with zero attached hydrogens (tertiary/aromatic N) is 1. The lowest BCUT2D eigenvalue weighted by Gasteiger charge is -2.23. The summed E-state index contributed by atoms with van der Waals surface area (Å²) in [6, 6.07) is 15.1. The van der Waals surface area contributed by atoms with Gasteiger partial charge in [-0.25, -0.2) is 8.42 Å². The third kappa shape index (κ3) is 7.37. The number of carbonyl (C=O) groups is 1. The van der Waals surface area contributed by atoms with Crippen LogP contribution < -0.4 is 14.4 Å². The molecule has 0 aliphatic rings. The number of ether oxygens (including phenoxy) is 1. The van der Waals surface area contributed by atoms with Gasteiger partial charge in [0, 0.05) is 13.0 Å². The molecule has 0 fully saturated rings. The molecule has 0 aliphatic heterocycles. The van der Waals surface area contributed by atoms with Crippen LogP contribution in [0.3, 0.4) is 0 Å². The third-order valence-electron chi connectivity index (χ3n) is 4.79. The Bertz CT molecular complexity index is 926. The number of aryl methyl sites for hydroxylation is 2. The first-order valence-corrected chi connectivity index (χ1v) is 12.1. The normalized spacial score (nSPS) is 12.3. The second-order valence-electron chi connectivity index (χ2n) is 7.50. The summed E-state index contributed by atoms with van der Waals surface area (Å²) in [4.78, 5) is 12.2. The highest BCUT2D eigenvalue weighted by atomic mass is 32.2. The van der Waals surface area contributed by atoms with E-state index >= 15 is 0 Å². The van der Waals surface area contributed by atoms with Gasteiger partial charge in [0.1, 0.15) is 12.4 Å². The van der Waals surface area contributed by atoms with Crippen LogP contribution in [0.15, 0.2) is 48.5 Å². The van der Waals surface area contributed by atoms with Gasteiger partial charge in [0.25, 0.3) is 0 Å². The van der Waals surface area contributed by atoms with Crippen molar-refractivity contribution in [2.45, 2.75) is 46.1 Å². The molecule has 1 atom stereocenters. The van der Waals surface area contributed by atoms with Crippen molar-refractivity contribution in [3.05, 3.63) is 59.7 Å². The minimum atomic E-state index is -3.42. The van der Waals surface area contributed by atoms with Crippen LogP contribution in [-0.2, 0) is 21.2 Å². The molecule has 1 unspecified atom stereocenters. The Balaban J connectivity index is 1.82. The summed E-state index contributed by atoms with van der Waals surface area (Å²) in [7, 11) is -3.42. The molecule has 1 N–H and O–H groups in total. The number of para-hydroxylation sites is 1. The smallest absolute Gasteiger partial charge is 0.232 e. The zero-order chi connectivity index (χ0) is 22.1. The molecule has 0 aliphatic carbocycles. The molecule has 0 bridgehead atoms. The fraction of sp³-hybridized carbons (Fsp3) is 0.435. The van der Waals surface area contributed by atoms with Crippen molar-refractivity contribution in [1.82, 2.24) is 5.32 Å². The summed E-state index contributed by atoms with van der Waals surface area (Å²) in [5, 5.41) is 2.91. The van der Waals surface area contributed by atoms with E-state index in [1.54, 1.807) is 0 Å². The summed E-state index contributed by atoms with van der Waals surface area (Å²) >= 11 is 0. The number of benzene rings is 2. The first kappa shape index (κ1) is 23.7. The SMILES string of the molecule is CCc1ccc(N(CCCC(=O)NC(C)COc2ccccc2C)S(C)(=O)=O)cc1. The number of sulfonamides is 1. The van der Waals surface area contributed by atoms with Crippen LogP contribution in [0.4, 0.5) is 5.69 Å². The van der Waals surface area contributed by atoms with Crippen LogP contribution in [0.25, 0.3) is 0 Å². The lowest BCUT2D eigenvalue weighted by molar-refractivity contribution is -0.121. The quantitative estimate of drug-likeness (QED) is 0.588. The zero-order valence-electron chi connectivity index (χ0n) is 18.2. The Morgan fingerprint density at radius 1 is 1.13 bits per heavy atom. The summed E-state index contributed by atoms with van der Waals surface area (Å²) in [5.41, 5.74) is 2.81. The van der Waals surface area contributed by atoms with Gasteiger partial charge < -0.3 is 10.1 Å². The second kappa shape index (κ2) is 11.0. The molecule has 0 heterocycles. The second-order valence-corrected chi connectivity index (χ2v) is 9.41. The molecule has 0 spiro atoms. The Hall–Kier alpha value is -2.54. The van der Waals surface area contributed by atoms with Crippen molar-refractivity contribution in [3.63, 3.8) is 0 Å². The Morgan fingerprint density at radius 3 is 2.40 bits per heavy atom. The Kier molecular flexibility index (Phi) is 8.72. The molecule has 6 nitrogen and oxygen atoms in total. The molecule has 30 heavy (non-hydrogen) atoms. The Labute approximate surface area is 180 Å². The molecule has 0 saturated heterocycles. The molecule has 2 rings (SSSR count). The fourth-order valence-electron chi connectivity index (χ4n) is 3.09. The standard InChI is InChI=1S/C23H32N2O4S/c1-5-20-12-14-21(15-13-20)25(30(4,27)28)16-8-11-23(26)24-19(3)17-29-22-10-7-6-9-18(22)2/h6-7,9-10,12-15,19H,5,8,11,16-17H2,1-4H3,(H,24,26). The van der Waals surface area contributed by atoms with E-state index in [-0.39, 0.29) is 24.9 Å². The summed E-state index contributed by atoms with van der Waals surface area (Å²) in [6.07, 6.45) is 2.75. The number of amides is 1. The molecular weight excluding hydrogens is 400 g/mol. The largest absolute Gasteiger partial charge is 0.491 e. The highest BCUT2D eigenvalue weighted by Gasteiger charge is 2.18. The van der Waals surface area contributed by atoms with Crippen molar-refractivity contribution in [2.75, 3.05) is 23.7 Å². The first-order chi connectivity index (χ1) is 14.2. The van der Waals surface area contributed by atoms with E-state index < -0.39 is 10.0 Å². The van der Waals surface area contributed by atoms with E-state index in [1.165, 1.54) is 10.6 Å². The number of nitrogens with one attached hydrogen (secondary N) is 1. The number of rotatable bonds is 11. The maximum atomic E-state index is 12.2. The molecule has 164 valence electrons. The van der Waals surface area contributed by atoms with Gasteiger partial charge in [0.15, 0.2) is 0 Å². The first-order valence-electron chi connectivity index (χ1n) is 10.2. The van der Waals surface area contributed by atoms with E-state index in [2.05, 4.69) is 12.2 Å². The Morgan fingerprint density at radius 2 is 1.80 bits per heavy atom. The topological polar surface area (TPSA) is 75.7 Å².